The number of fused-ring (bicyclic) bond motifs is 1. The first kappa shape index (κ1) is 11.2. The zero-order valence-corrected chi connectivity index (χ0v) is 10.3. The van der Waals surface area contributed by atoms with Crippen LogP contribution in [0.5, 0.6) is 0 Å². The van der Waals surface area contributed by atoms with E-state index in [-0.39, 0.29) is 5.92 Å². The summed E-state index contributed by atoms with van der Waals surface area (Å²) in [7, 11) is 0. The molecule has 0 radical (unpaired) electrons. The van der Waals surface area contributed by atoms with Crippen molar-refractivity contribution in [2.45, 2.75) is 25.2 Å². The Morgan fingerprint density at radius 3 is 2.39 bits per heavy atom. The number of benzene rings is 2. The molecule has 1 nitrogen and oxygen atoms in total. The van der Waals surface area contributed by atoms with Gasteiger partial charge >= 0.3 is 0 Å². The number of aryl methyl sites for hydroxylation is 1. The third-order valence-electron chi connectivity index (χ3n) is 3.74. The average molecular weight is 236 g/mol. The highest BCUT2D eigenvalue weighted by atomic mass is 16.1. The van der Waals surface area contributed by atoms with Crippen molar-refractivity contribution in [2.24, 2.45) is 0 Å². The molecule has 0 amide bonds. The minimum atomic E-state index is 0.234. The molecule has 1 atom stereocenters. The van der Waals surface area contributed by atoms with Crippen LogP contribution in [0.15, 0.2) is 54.6 Å². The van der Waals surface area contributed by atoms with Gasteiger partial charge in [-0.2, -0.15) is 0 Å². The third kappa shape index (κ3) is 2.08. The van der Waals surface area contributed by atoms with E-state index >= 15 is 0 Å². The second kappa shape index (κ2) is 4.77. The van der Waals surface area contributed by atoms with Crippen LogP contribution >= 0.6 is 0 Å². The maximum Gasteiger partial charge on any atom is 0.134 e. The molecule has 0 saturated carbocycles. The predicted octanol–water partition coefficient (Wildman–Crippen LogP) is 3.72. The SMILES string of the molecule is O=C1CCc2ccccc2[C@@H](c2ccccc2)C1. The highest BCUT2D eigenvalue weighted by Gasteiger charge is 2.23. The number of ketones is 1. The van der Waals surface area contributed by atoms with Crippen molar-refractivity contribution >= 4 is 5.78 Å². The van der Waals surface area contributed by atoms with Crippen molar-refractivity contribution < 1.29 is 4.79 Å². The van der Waals surface area contributed by atoms with Crippen LogP contribution in [-0.2, 0) is 11.2 Å². The molecule has 1 aliphatic rings. The van der Waals surface area contributed by atoms with E-state index in [1.54, 1.807) is 0 Å². The van der Waals surface area contributed by atoms with E-state index in [0.29, 0.717) is 18.6 Å². The first-order chi connectivity index (χ1) is 8.84. The highest BCUT2D eigenvalue weighted by molar-refractivity contribution is 5.81. The van der Waals surface area contributed by atoms with Crippen molar-refractivity contribution in [3.63, 3.8) is 0 Å². The monoisotopic (exact) mass is 236 g/mol. The lowest BCUT2D eigenvalue weighted by Crippen LogP contribution is -2.06. The van der Waals surface area contributed by atoms with Gasteiger partial charge < -0.3 is 0 Å². The summed E-state index contributed by atoms with van der Waals surface area (Å²) < 4.78 is 0. The molecule has 0 bridgehead atoms. The molecule has 3 rings (SSSR count). The van der Waals surface area contributed by atoms with Gasteiger partial charge in [0.2, 0.25) is 0 Å². The largest absolute Gasteiger partial charge is 0.300 e. The summed E-state index contributed by atoms with van der Waals surface area (Å²) in [5, 5.41) is 0. The van der Waals surface area contributed by atoms with Gasteiger partial charge in [0, 0.05) is 18.8 Å². The van der Waals surface area contributed by atoms with Crippen LogP contribution in [0, 0.1) is 0 Å². The molecule has 1 heteroatoms. The Hall–Kier alpha value is -1.89. The number of carbonyl (C=O) groups excluding carboxylic acids is 1. The van der Waals surface area contributed by atoms with Crippen LogP contribution < -0.4 is 0 Å². The Balaban J connectivity index is 2.09. The molecule has 2 aromatic carbocycles. The number of hydrogen-bond donors (Lipinski definition) is 0. The quantitative estimate of drug-likeness (QED) is 0.690. The lowest BCUT2D eigenvalue weighted by molar-refractivity contribution is -0.119. The number of rotatable bonds is 1. The molecule has 0 saturated heterocycles. The van der Waals surface area contributed by atoms with E-state index in [9.17, 15) is 4.79 Å². The molecule has 0 aromatic heterocycles. The third-order valence-corrected chi connectivity index (χ3v) is 3.74. The van der Waals surface area contributed by atoms with Crippen LogP contribution in [0.25, 0.3) is 0 Å². The lowest BCUT2D eigenvalue weighted by Gasteiger charge is -2.17. The average Bonchev–Trinajstić information content (AvgIpc) is 2.60. The molecular formula is C17H16O. The molecule has 0 heterocycles. The van der Waals surface area contributed by atoms with Crippen LogP contribution in [0.4, 0.5) is 0 Å². The van der Waals surface area contributed by atoms with Gasteiger partial charge in [-0.15, -0.1) is 0 Å². The van der Waals surface area contributed by atoms with Gasteiger partial charge in [-0.05, 0) is 23.1 Å². The van der Waals surface area contributed by atoms with Crippen molar-refractivity contribution in [1.82, 2.24) is 0 Å². The fourth-order valence-electron chi connectivity index (χ4n) is 2.80. The Kier molecular flexibility index (Phi) is 2.97. The molecule has 1 aliphatic carbocycles. The van der Waals surface area contributed by atoms with Gasteiger partial charge in [-0.3, -0.25) is 4.79 Å². The first-order valence-electron chi connectivity index (χ1n) is 6.49. The maximum absolute atomic E-state index is 11.9. The second-order valence-electron chi connectivity index (χ2n) is 4.90. The van der Waals surface area contributed by atoms with Crippen molar-refractivity contribution in [1.29, 1.82) is 0 Å². The lowest BCUT2D eigenvalue weighted by atomic mass is 9.86. The summed E-state index contributed by atoms with van der Waals surface area (Å²) in [6.07, 6.45) is 2.21. The smallest absolute Gasteiger partial charge is 0.134 e. The standard InChI is InChI=1S/C17H16O/c18-15-11-10-14-8-4-5-9-16(14)17(12-15)13-6-2-1-3-7-13/h1-9,17H,10-12H2/t17-/m1/s1. The van der Waals surface area contributed by atoms with E-state index in [1.807, 2.05) is 18.2 Å². The Morgan fingerprint density at radius 2 is 1.56 bits per heavy atom. The van der Waals surface area contributed by atoms with Gasteiger partial charge in [0.15, 0.2) is 0 Å². The summed E-state index contributed by atoms with van der Waals surface area (Å²) >= 11 is 0. The van der Waals surface area contributed by atoms with Crippen LogP contribution in [0.2, 0.25) is 0 Å². The molecule has 2 aromatic rings. The van der Waals surface area contributed by atoms with Gasteiger partial charge in [0.05, 0.1) is 0 Å². The molecule has 0 aliphatic heterocycles. The van der Waals surface area contributed by atoms with E-state index in [1.165, 1.54) is 16.7 Å². The number of carbonyl (C=O) groups is 1. The second-order valence-corrected chi connectivity index (χ2v) is 4.90. The summed E-state index contributed by atoms with van der Waals surface area (Å²) in [4.78, 5) is 11.9. The summed E-state index contributed by atoms with van der Waals surface area (Å²) in [5.74, 6) is 0.609. The predicted molar refractivity (Wildman–Crippen MR) is 72.7 cm³/mol. The van der Waals surface area contributed by atoms with Crippen molar-refractivity contribution in [2.75, 3.05) is 0 Å². The minimum Gasteiger partial charge on any atom is -0.300 e. The van der Waals surface area contributed by atoms with Gasteiger partial charge in [-0.1, -0.05) is 54.6 Å². The molecule has 90 valence electrons. The molecule has 0 fully saturated rings. The van der Waals surface area contributed by atoms with Crippen molar-refractivity contribution in [3.8, 4) is 0 Å². The zero-order valence-electron chi connectivity index (χ0n) is 10.3. The zero-order chi connectivity index (χ0) is 12.4. The summed E-state index contributed by atoms with van der Waals surface area (Å²) in [5.41, 5.74) is 3.91. The summed E-state index contributed by atoms with van der Waals surface area (Å²) in [6.45, 7) is 0. The molecule has 0 unspecified atom stereocenters. The Labute approximate surface area is 107 Å². The van der Waals surface area contributed by atoms with Crippen LogP contribution in [0.3, 0.4) is 0 Å². The topological polar surface area (TPSA) is 17.1 Å². The molecule has 0 N–H and O–H groups in total. The molecular weight excluding hydrogens is 220 g/mol. The maximum atomic E-state index is 11.9. The van der Waals surface area contributed by atoms with Gasteiger partial charge in [-0.25, -0.2) is 0 Å². The van der Waals surface area contributed by atoms with E-state index < -0.39 is 0 Å². The minimum absolute atomic E-state index is 0.234. The molecule has 18 heavy (non-hydrogen) atoms. The Morgan fingerprint density at radius 1 is 0.833 bits per heavy atom. The highest BCUT2D eigenvalue weighted by Crippen LogP contribution is 2.34. The first-order valence-corrected chi connectivity index (χ1v) is 6.49. The van der Waals surface area contributed by atoms with Crippen LogP contribution in [-0.4, -0.2) is 5.78 Å². The van der Waals surface area contributed by atoms with Crippen LogP contribution in [0.1, 0.15) is 35.4 Å². The van der Waals surface area contributed by atoms with E-state index in [4.69, 9.17) is 0 Å². The van der Waals surface area contributed by atoms with Gasteiger partial charge in [0.25, 0.3) is 0 Å². The van der Waals surface area contributed by atoms with Crippen molar-refractivity contribution in [3.05, 3.63) is 71.3 Å². The van der Waals surface area contributed by atoms with Gasteiger partial charge in [0.1, 0.15) is 5.78 Å². The Bertz CT molecular complexity index is 557. The fourth-order valence-corrected chi connectivity index (χ4v) is 2.80. The fraction of sp³-hybridized carbons (Fsp3) is 0.235. The van der Waals surface area contributed by atoms with E-state index in [0.717, 1.165) is 6.42 Å². The van der Waals surface area contributed by atoms with E-state index in [2.05, 4.69) is 36.4 Å². The number of Topliss-reactive ketones (excluding diaryl/α,β-unsaturated/α-hetero) is 1. The normalized spacial score (nSPS) is 19.1. The number of hydrogen-bond acceptors (Lipinski definition) is 1. The molecule has 0 spiro atoms. The summed E-state index contributed by atoms with van der Waals surface area (Å²) in [6, 6.07) is 18.8.